The minimum atomic E-state index is 0.837. The van der Waals surface area contributed by atoms with Crippen LogP contribution < -0.4 is 5.32 Å². The van der Waals surface area contributed by atoms with Crippen molar-refractivity contribution in [2.75, 3.05) is 11.9 Å². The van der Waals surface area contributed by atoms with E-state index in [1.807, 2.05) is 6.07 Å². The van der Waals surface area contributed by atoms with Gasteiger partial charge in [-0.15, -0.1) is 0 Å². The minimum Gasteiger partial charge on any atom is -0.370 e. The average Bonchev–Trinajstić information content (AvgIpc) is 2.37. The molecule has 0 aliphatic rings. The molecule has 3 nitrogen and oxygen atoms in total. The van der Waals surface area contributed by atoms with Crippen LogP contribution in [0.1, 0.15) is 65.1 Å². The van der Waals surface area contributed by atoms with Crippen molar-refractivity contribution in [1.29, 1.82) is 0 Å². The molecule has 114 valence electrons. The molecule has 0 radical (unpaired) electrons. The predicted octanol–water partition coefficient (Wildman–Crippen LogP) is 5.21. The number of nitrogens with one attached hydrogen (secondary N) is 1. The Balaban J connectivity index is 2.21. The SMILES string of the molecule is CCCc1nc(Br)cc(NCCCCCCC(C)C)n1. The molecule has 1 aromatic heterocycles. The molecule has 1 heterocycles. The van der Waals surface area contributed by atoms with Gasteiger partial charge in [-0.25, -0.2) is 9.97 Å². The van der Waals surface area contributed by atoms with Gasteiger partial charge >= 0.3 is 0 Å². The first-order valence-electron chi connectivity index (χ1n) is 7.89. The van der Waals surface area contributed by atoms with E-state index >= 15 is 0 Å². The monoisotopic (exact) mass is 341 g/mol. The molecular weight excluding hydrogens is 314 g/mol. The Morgan fingerprint density at radius 1 is 1.15 bits per heavy atom. The zero-order valence-corrected chi connectivity index (χ0v) is 14.7. The largest absolute Gasteiger partial charge is 0.370 e. The van der Waals surface area contributed by atoms with Gasteiger partial charge in [0.1, 0.15) is 16.2 Å². The van der Waals surface area contributed by atoms with E-state index in [1.54, 1.807) is 0 Å². The fraction of sp³-hybridized carbons (Fsp3) is 0.750. The summed E-state index contributed by atoms with van der Waals surface area (Å²) in [4.78, 5) is 8.90. The summed E-state index contributed by atoms with van der Waals surface area (Å²) in [5.74, 6) is 2.70. The number of aryl methyl sites for hydroxylation is 1. The molecule has 0 spiro atoms. The highest BCUT2D eigenvalue weighted by molar-refractivity contribution is 9.10. The van der Waals surface area contributed by atoms with Crippen molar-refractivity contribution in [3.63, 3.8) is 0 Å². The zero-order chi connectivity index (χ0) is 14.8. The first kappa shape index (κ1) is 17.4. The van der Waals surface area contributed by atoms with Crippen LogP contribution in [0.4, 0.5) is 5.82 Å². The highest BCUT2D eigenvalue weighted by Gasteiger charge is 2.02. The number of nitrogens with zero attached hydrogens (tertiary/aromatic N) is 2. The smallest absolute Gasteiger partial charge is 0.132 e. The first-order valence-corrected chi connectivity index (χ1v) is 8.68. The molecule has 0 aliphatic carbocycles. The summed E-state index contributed by atoms with van der Waals surface area (Å²) in [6.45, 7) is 7.73. The number of rotatable bonds is 10. The Morgan fingerprint density at radius 3 is 2.60 bits per heavy atom. The molecule has 0 saturated heterocycles. The van der Waals surface area contributed by atoms with E-state index in [0.717, 1.165) is 41.5 Å². The lowest BCUT2D eigenvalue weighted by Crippen LogP contribution is -2.06. The lowest BCUT2D eigenvalue weighted by Gasteiger charge is -2.08. The number of aromatic nitrogens is 2. The Bertz CT molecular complexity index is 380. The maximum atomic E-state index is 4.53. The molecule has 1 rings (SSSR count). The number of halogens is 1. The predicted molar refractivity (Wildman–Crippen MR) is 90.1 cm³/mol. The van der Waals surface area contributed by atoms with Gasteiger partial charge in [0, 0.05) is 19.0 Å². The van der Waals surface area contributed by atoms with Gasteiger partial charge in [0.05, 0.1) is 0 Å². The Kier molecular flexibility index (Phi) is 8.83. The van der Waals surface area contributed by atoms with Gasteiger partial charge in [-0.3, -0.25) is 0 Å². The summed E-state index contributed by atoms with van der Waals surface area (Å²) < 4.78 is 0.871. The Morgan fingerprint density at radius 2 is 1.90 bits per heavy atom. The summed E-state index contributed by atoms with van der Waals surface area (Å²) in [7, 11) is 0. The topological polar surface area (TPSA) is 37.8 Å². The lowest BCUT2D eigenvalue weighted by molar-refractivity contribution is 0.523. The highest BCUT2D eigenvalue weighted by Crippen LogP contribution is 2.14. The quantitative estimate of drug-likeness (QED) is 0.468. The lowest BCUT2D eigenvalue weighted by atomic mass is 10.0. The van der Waals surface area contributed by atoms with Gasteiger partial charge in [0.25, 0.3) is 0 Å². The molecule has 0 aliphatic heterocycles. The van der Waals surface area contributed by atoms with Crippen molar-refractivity contribution >= 4 is 21.7 Å². The molecular formula is C16H28BrN3. The van der Waals surface area contributed by atoms with Crippen LogP contribution in [-0.2, 0) is 6.42 Å². The molecule has 20 heavy (non-hydrogen) atoms. The minimum absolute atomic E-state index is 0.837. The van der Waals surface area contributed by atoms with Gasteiger partial charge in [0.2, 0.25) is 0 Å². The van der Waals surface area contributed by atoms with Crippen LogP contribution >= 0.6 is 15.9 Å². The van der Waals surface area contributed by atoms with Crippen LogP contribution in [0.2, 0.25) is 0 Å². The van der Waals surface area contributed by atoms with Crippen molar-refractivity contribution in [2.45, 2.75) is 65.7 Å². The molecule has 0 bridgehead atoms. The van der Waals surface area contributed by atoms with Gasteiger partial charge in [-0.2, -0.15) is 0 Å². The first-order chi connectivity index (χ1) is 9.61. The van der Waals surface area contributed by atoms with E-state index in [9.17, 15) is 0 Å². The maximum absolute atomic E-state index is 4.53. The normalized spacial score (nSPS) is 11.1. The summed E-state index contributed by atoms with van der Waals surface area (Å²) in [5, 5.41) is 3.40. The number of anilines is 1. The van der Waals surface area contributed by atoms with Gasteiger partial charge < -0.3 is 5.32 Å². The second-order valence-corrected chi connectivity index (χ2v) is 6.58. The van der Waals surface area contributed by atoms with Crippen molar-refractivity contribution in [2.24, 2.45) is 5.92 Å². The van der Waals surface area contributed by atoms with E-state index in [0.29, 0.717) is 0 Å². The molecule has 4 heteroatoms. The van der Waals surface area contributed by atoms with E-state index < -0.39 is 0 Å². The summed E-state index contributed by atoms with van der Waals surface area (Å²) in [6.07, 6.45) is 8.57. The molecule has 0 amide bonds. The van der Waals surface area contributed by atoms with Gasteiger partial charge in [-0.1, -0.05) is 46.5 Å². The Labute approximate surface area is 132 Å². The Hall–Kier alpha value is -0.640. The number of unbranched alkanes of at least 4 members (excludes halogenated alkanes) is 3. The second-order valence-electron chi connectivity index (χ2n) is 5.77. The molecule has 1 N–H and O–H groups in total. The molecule has 0 atom stereocenters. The van der Waals surface area contributed by atoms with Crippen LogP contribution in [-0.4, -0.2) is 16.5 Å². The highest BCUT2D eigenvalue weighted by atomic mass is 79.9. The van der Waals surface area contributed by atoms with Crippen molar-refractivity contribution < 1.29 is 0 Å². The third-order valence-electron chi connectivity index (χ3n) is 3.23. The number of hydrogen-bond acceptors (Lipinski definition) is 3. The molecule has 0 fully saturated rings. The fourth-order valence-corrected chi connectivity index (χ4v) is 2.56. The third kappa shape index (κ3) is 7.83. The number of hydrogen-bond donors (Lipinski definition) is 1. The van der Waals surface area contributed by atoms with Crippen molar-refractivity contribution in [1.82, 2.24) is 9.97 Å². The zero-order valence-electron chi connectivity index (χ0n) is 13.1. The van der Waals surface area contributed by atoms with Crippen LogP contribution in [0, 0.1) is 5.92 Å². The van der Waals surface area contributed by atoms with Crippen molar-refractivity contribution in [3.05, 3.63) is 16.5 Å². The second kappa shape index (κ2) is 10.1. The molecule has 1 aromatic rings. The summed E-state index contributed by atoms with van der Waals surface area (Å²) in [5.41, 5.74) is 0. The average molecular weight is 342 g/mol. The molecule has 0 unspecified atom stereocenters. The van der Waals surface area contributed by atoms with E-state index in [-0.39, 0.29) is 0 Å². The van der Waals surface area contributed by atoms with E-state index in [1.165, 1.54) is 32.1 Å². The summed E-state index contributed by atoms with van der Waals surface area (Å²) >= 11 is 3.45. The van der Waals surface area contributed by atoms with E-state index in [4.69, 9.17) is 0 Å². The van der Waals surface area contributed by atoms with Crippen LogP contribution in [0.5, 0.6) is 0 Å². The molecule has 0 saturated carbocycles. The molecule has 0 aromatic carbocycles. The van der Waals surface area contributed by atoms with Crippen LogP contribution in [0.25, 0.3) is 0 Å². The van der Waals surface area contributed by atoms with Crippen LogP contribution in [0.15, 0.2) is 10.7 Å². The van der Waals surface area contributed by atoms with Crippen molar-refractivity contribution in [3.8, 4) is 0 Å². The maximum Gasteiger partial charge on any atom is 0.132 e. The standard InChI is InChI=1S/C16H28BrN3/c1-4-9-15-19-14(17)12-16(20-15)18-11-8-6-5-7-10-13(2)3/h12-13H,4-11H2,1-3H3,(H,18,19,20). The van der Waals surface area contributed by atoms with Gasteiger partial charge in [-0.05, 0) is 34.7 Å². The third-order valence-corrected chi connectivity index (χ3v) is 3.64. The van der Waals surface area contributed by atoms with E-state index in [2.05, 4.69) is 52.0 Å². The fourth-order valence-electron chi connectivity index (χ4n) is 2.14. The van der Waals surface area contributed by atoms with Gasteiger partial charge in [0.15, 0.2) is 0 Å². The van der Waals surface area contributed by atoms with Crippen LogP contribution in [0.3, 0.4) is 0 Å². The summed E-state index contributed by atoms with van der Waals surface area (Å²) in [6, 6.07) is 1.96.